The van der Waals surface area contributed by atoms with Crippen molar-refractivity contribution in [3.05, 3.63) is 78.9 Å². The van der Waals surface area contributed by atoms with Crippen molar-refractivity contribution < 1.29 is 61.5 Å². The Hall–Kier alpha value is -4.54. The molecule has 0 bridgehead atoms. The number of imidazole rings is 1. The fraction of sp³-hybridized carbons (Fsp3) is 0.581. The van der Waals surface area contributed by atoms with E-state index < -0.39 is 111 Å². The number of methoxy groups -OCH3 is 2. The molecule has 0 aromatic carbocycles. The molecule has 4 aliphatic rings. The van der Waals surface area contributed by atoms with E-state index in [1.54, 1.807) is 4.57 Å². The Morgan fingerprint density at radius 1 is 0.776 bits per heavy atom. The van der Waals surface area contributed by atoms with Gasteiger partial charge in [0.05, 0.1) is 26.1 Å². The van der Waals surface area contributed by atoms with Gasteiger partial charge >= 0.3 is 19.2 Å². The largest absolute Gasteiger partial charge is 0.475 e. The summed E-state index contributed by atoms with van der Waals surface area (Å²) in [5.74, 6) is 0.132. The highest BCUT2D eigenvalue weighted by Gasteiger charge is 2.56. The lowest BCUT2D eigenvalue weighted by atomic mass is 10.1. The lowest BCUT2D eigenvalue weighted by molar-refractivity contribution is -0.112. The van der Waals surface area contributed by atoms with E-state index in [0.717, 1.165) is 33.7 Å². The van der Waals surface area contributed by atoms with Crippen LogP contribution in [0.2, 0.25) is 0 Å². The maximum atomic E-state index is 15.1. The molecule has 0 radical (unpaired) electrons. The monoisotopic (exact) mass is 839 g/mol. The van der Waals surface area contributed by atoms with Gasteiger partial charge in [-0.2, -0.15) is 0 Å². The average molecular weight is 840 g/mol. The van der Waals surface area contributed by atoms with Crippen LogP contribution in [-0.4, -0.2) is 145 Å². The minimum Gasteiger partial charge on any atom is -0.386 e. The van der Waals surface area contributed by atoms with Gasteiger partial charge in [-0.1, -0.05) is 0 Å². The summed E-state index contributed by atoms with van der Waals surface area (Å²) in [6.07, 6.45) is -10.9. The minimum absolute atomic E-state index is 0.132. The second-order valence-corrected chi connectivity index (χ2v) is 15.0. The number of nitrogens with two attached hydrogens (primary N) is 1. The van der Waals surface area contributed by atoms with Gasteiger partial charge < -0.3 is 49.1 Å². The van der Waals surface area contributed by atoms with E-state index in [2.05, 4.69) is 24.9 Å². The molecule has 4 aromatic rings. The molecule has 4 fully saturated rings. The van der Waals surface area contributed by atoms with Gasteiger partial charge in [0.1, 0.15) is 73.6 Å². The summed E-state index contributed by atoms with van der Waals surface area (Å²) < 4.78 is 76.8. The van der Waals surface area contributed by atoms with Gasteiger partial charge in [0, 0.05) is 38.7 Å². The maximum absolute atomic E-state index is 15.1. The van der Waals surface area contributed by atoms with E-state index in [0.29, 0.717) is 11.2 Å². The molecule has 8 rings (SSSR count). The first-order chi connectivity index (χ1) is 27.9. The highest BCUT2D eigenvalue weighted by atomic mass is 31.2. The third kappa shape index (κ3) is 7.47. The molecule has 4 saturated heterocycles. The Balaban J connectivity index is 1.11. The number of fused-ring (bicyclic) bond motifs is 2. The van der Waals surface area contributed by atoms with E-state index in [-0.39, 0.29) is 25.8 Å². The molecule has 0 unspecified atom stereocenters. The second kappa shape index (κ2) is 16.3. The molecule has 0 saturated carbocycles. The van der Waals surface area contributed by atoms with E-state index in [4.69, 9.17) is 52.5 Å². The number of aliphatic hydroxyl groups is 2. The molecular formula is C31H38N9O17P. The quantitative estimate of drug-likeness (QED) is 0.0783. The third-order valence-corrected chi connectivity index (χ3v) is 11.4. The van der Waals surface area contributed by atoms with Crippen LogP contribution in [0.15, 0.2) is 56.4 Å². The van der Waals surface area contributed by atoms with Crippen LogP contribution in [0.25, 0.3) is 11.2 Å². The van der Waals surface area contributed by atoms with Crippen molar-refractivity contribution in [2.75, 3.05) is 46.6 Å². The molecule has 27 heteroatoms. The SMILES string of the molecule is COC[C@H]1O[C@@H](n2ccc(=O)[nH]c2=O)[C@H](O)[C@@H]1OP(=O)(OC[C@H]1O[C@@H](n2cnc3c(N)ncnc32)[C@@H]2OCO[C@@H]21)O[C@H]1[C@@H](O)[C@H](n2ccc(=O)[nH]c2=O)O[C@@H]1COC. The summed E-state index contributed by atoms with van der Waals surface area (Å²) >= 11 is 0. The smallest absolute Gasteiger partial charge is 0.386 e. The number of nitrogens with one attached hydrogen (secondary N) is 2. The summed E-state index contributed by atoms with van der Waals surface area (Å²) in [5.41, 5.74) is 3.35. The van der Waals surface area contributed by atoms with Gasteiger partial charge in [-0.3, -0.25) is 46.8 Å². The predicted molar refractivity (Wildman–Crippen MR) is 188 cm³/mol. The molecule has 4 aromatic heterocycles. The lowest BCUT2D eigenvalue weighted by Crippen LogP contribution is -2.41. The Bertz CT molecular complexity index is 2300. The van der Waals surface area contributed by atoms with Crippen LogP contribution in [0.5, 0.6) is 0 Å². The topological polar surface area (TPSA) is 329 Å². The summed E-state index contributed by atoms with van der Waals surface area (Å²) in [7, 11) is -2.49. The highest BCUT2D eigenvalue weighted by Crippen LogP contribution is 2.57. The summed E-state index contributed by atoms with van der Waals surface area (Å²) in [6.45, 7) is -1.26. The Morgan fingerprint density at radius 2 is 1.33 bits per heavy atom. The number of nitrogen functional groups attached to an aromatic ring is 1. The number of nitrogens with zero attached hydrogens (tertiary/aromatic N) is 6. The fourth-order valence-corrected chi connectivity index (χ4v) is 8.88. The van der Waals surface area contributed by atoms with Crippen molar-refractivity contribution in [1.29, 1.82) is 0 Å². The van der Waals surface area contributed by atoms with Crippen molar-refractivity contribution >= 4 is 24.8 Å². The van der Waals surface area contributed by atoms with Crippen molar-refractivity contribution in [2.24, 2.45) is 0 Å². The molecule has 58 heavy (non-hydrogen) atoms. The molecule has 12 atom stereocenters. The zero-order valence-corrected chi connectivity index (χ0v) is 31.3. The Labute approximate surface area is 323 Å². The van der Waals surface area contributed by atoms with Crippen molar-refractivity contribution in [1.82, 2.24) is 38.6 Å². The number of anilines is 1. The van der Waals surface area contributed by atoms with Crippen LogP contribution in [-0.2, 0) is 51.3 Å². The molecule has 6 N–H and O–H groups in total. The first kappa shape index (κ1) is 40.2. The zero-order chi connectivity index (χ0) is 40.9. The number of hydrogen-bond acceptors (Lipinski definition) is 21. The van der Waals surface area contributed by atoms with Gasteiger partial charge in [-0.25, -0.2) is 29.1 Å². The van der Waals surface area contributed by atoms with Gasteiger partial charge in [-0.05, 0) is 0 Å². The van der Waals surface area contributed by atoms with E-state index in [9.17, 15) is 29.4 Å². The molecule has 26 nitrogen and oxygen atoms in total. The molecule has 0 aliphatic carbocycles. The highest BCUT2D eigenvalue weighted by molar-refractivity contribution is 7.48. The van der Waals surface area contributed by atoms with Crippen molar-refractivity contribution in [3.63, 3.8) is 0 Å². The van der Waals surface area contributed by atoms with E-state index >= 15 is 4.57 Å². The van der Waals surface area contributed by atoms with Crippen LogP contribution < -0.4 is 28.2 Å². The predicted octanol–water partition coefficient (Wildman–Crippen LogP) is -3.15. The fourth-order valence-electron chi connectivity index (χ4n) is 7.26. The average Bonchev–Trinajstić information content (AvgIpc) is 4.01. The normalized spacial score (nSPS) is 33.2. The number of aromatic nitrogens is 8. The number of hydrogen-bond donors (Lipinski definition) is 5. The van der Waals surface area contributed by atoms with Crippen molar-refractivity contribution in [2.45, 2.75) is 73.6 Å². The van der Waals surface area contributed by atoms with E-state index in [1.807, 2.05) is 0 Å². The number of rotatable bonds is 14. The summed E-state index contributed by atoms with van der Waals surface area (Å²) in [4.78, 5) is 65.6. The second-order valence-electron chi connectivity index (χ2n) is 13.5. The standard InChI is InChI=1S/C31H38N9O17P/c1-48-7-13-21(19(43)27(53-13)38-5-3-16(41)36-30(38)45)56-58(47,57-22-14(8-49-2)54-28(20(22)44)39-6-4-17(42)37-31(39)46)52-9-15-23-24(51-12-50-23)29(55-15)40-11-35-18-25(32)33-10-34-26(18)40/h3-6,10-11,13-15,19-24,27-29,43-44H,7-9,12H2,1-2H3,(H2,32,33,34)(H,36,41,45)(H,37,42,46)/t13-,14-,15-,19-,20-,21-,22-,23-,24-,27-,28-,29-/m1/s1. The molecule has 0 amide bonds. The molecule has 8 heterocycles. The molecule has 0 spiro atoms. The summed E-state index contributed by atoms with van der Waals surface area (Å²) in [5, 5.41) is 23.1. The third-order valence-electron chi connectivity index (χ3n) is 9.90. The minimum atomic E-state index is -5.12. The number of ether oxygens (including phenoxy) is 7. The Morgan fingerprint density at radius 3 is 1.88 bits per heavy atom. The molecular weight excluding hydrogens is 801 g/mol. The number of phosphoric acid groups is 1. The maximum Gasteiger partial charge on any atom is 0.475 e. The lowest BCUT2D eigenvalue weighted by Gasteiger charge is -2.30. The van der Waals surface area contributed by atoms with Gasteiger partial charge in [0.15, 0.2) is 30.1 Å². The Kier molecular flexibility index (Phi) is 11.3. The van der Waals surface area contributed by atoms with Crippen LogP contribution in [0.4, 0.5) is 5.82 Å². The van der Waals surface area contributed by atoms with Gasteiger partial charge in [0.2, 0.25) is 0 Å². The number of phosphoric ester groups is 1. The summed E-state index contributed by atoms with van der Waals surface area (Å²) in [6, 6.07) is 2.06. The number of H-pyrrole nitrogens is 2. The number of aromatic amines is 2. The van der Waals surface area contributed by atoms with Crippen LogP contribution in [0.3, 0.4) is 0 Å². The first-order valence-corrected chi connectivity index (χ1v) is 19.1. The number of aliphatic hydroxyl groups excluding tert-OH is 2. The van der Waals surface area contributed by atoms with Gasteiger partial charge in [0.25, 0.3) is 11.1 Å². The molecule has 314 valence electrons. The van der Waals surface area contributed by atoms with Crippen LogP contribution in [0.1, 0.15) is 18.7 Å². The van der Waals surface area contributed by atoms with Crippen LogP contribution >= 0.6 is 7.82 Å². The van der Waals surface area contributed by atoms with Crippen LogP contribution in [0, 0.1) is 0 Å². The van der Waals surface area contributed by atoms with Gasteiger partial charge in [-0.15, -0.1) is 0 Å². The van der Waals surface area contributed by atoms with Crippen molar-refractivity contribution in [3.8, 4) is 0 Å². The molecule has 4 aliphatic heterocycles. The van der Waals surface area contributed by atoms with E-state index in [1.165, 1.54) is 26.9 Å². The first-order valence-electron chi connectivity index (χ1n) is 17.6. The zero-order valence-electron chi connectivity index (χ0n) is 30.4.